The summed E-state index contributed by atoms with van der Waals surface area (Å²) in [5, 5.41) is 8.94. The molecule has 0 bridgehead atoms. The summed E-state index contributed by atoms with van der Waals surface area (Å²) in [6, 6.07) is 12.4. The van der Waals surface area contributed by atoms with Gasteiger partial charge >= 0.3 is 5.97 Å². The third-order valence-corrected chi connectivity index (χ3v) is 5.83. The van der Waals surface area contributed by atoms with E-state index in [1.807, 2.05) is 31.2 Å². The Bertz CT molecular complexity index is 842. The number of amides is 1. The van der Waals surface area contributed by atoms with E-state index < -0.39 is 5.97 Å². The van der Waals surface area contributed by atoms with Crippen molar-refractivity contribution in [2.45, 2.75) is 17.5 Å². The van der Waals surface area contributed by atoms with E-state index in [4.69, 9.17) is 4.74 Å². The molecule has 2 aromatic carbocycles. The summed E-state index contributed by atoms with van der Waals surface area (Å²) in [6.45, 7) is 1.83. The summed E-state index contributed by atoms with van der Waals surface area (Å²) in [4.78, 5) is 26.1. The van der Waals surface area contributed by atoms with Crippen LogP contribution in [0.15, 0.2) is 46.9 Å². The number of ether oxygens (including phenoxy) is 1. The summed E-state index contributed by atoms with van der Waals surface area (Å²) in [5.74, 6) is -0.529. The molecule has 1 aliphatic rings. The topological polar surface area (TPSA) is 66.8 Å². The lowest BCUT2D eigenvalue weighted by Gasteiger charge is -2.26. The lowest BCUT2D eigenvalue weighted by atomic mass is 10.1. The molecule has 3 rings (SSSR count). The van der Waals surface area contributed by atoms with E-state index >= 15 is 0 Å². The number of hydrogen-bond acceptors (Lipinski definition) is 4. The molecule has 0 aliphatic carbocycles. The fourth-order valence-corrected chi connectivity index (χ4v) is 4.50. The van der Waals surface area contributed by atoms with Gasteiger partial charge in [0, 0.05) is 10.0 Å². The molecule has 2 unspecified atom stereocenters. The largest absolute Gasteiger partial charge is 0.496 e. The molecule has 1 N–H and O–H groups in total. The molecule has 5 nitrogen and oxygen atoms in total. The molecule has 1 fully saturated rings. The van der Waals surface area contributed by atoms with Crippen molar-refractivity contribution in [3.63, 3.8) is 0 Å². The van der Waals surface area contributed by atoms with E-state index in [-0.39, 0.29) is 22.1 Å². The van der Waals surface area contributed by atoms with Crippen LogP contribution < -0.4 is 9.64 Å². The Kier molecular flexibility index (Phi) is 5.06. The van der Waals surface area contributed by atoms with Gasteiger partial charge in [-0.15, -0.1) is 11.8 Å². The molecule has 0 spiro atoms. The normalized spacial score (nSPS) is 20.0. The van der Waals surface area contributed by atoms with Gasteiger partial charge in [-0.1, -0.05) is 34.1 Å². The second-order valence-electron chi connectivity index (χ2n) is 5.55. The zero-order valence-electron chi connectivity index (χ0n) is 13.6. The number of methoxy groups -OCH3 is 1. The fraction of sp³-hybridized carbons (Fsp3) is 0.222. The van der Waals surface area contributed by atoms with Crippen molar-refractivity contribution in [3.05, 3.63) is 58.1 Å². The number of hydrogen-bond donors (Lipinski definition) is 1. The van der Waals surface area contributed by atoms with E-state index in [1.54, 1.807) is 24.1 Å². The van der Waals surface area contributed by atoms with Gasteiger partial charge in [-0.05, 0) is 31.2 Å². The molecule has 1 amide bonds. The molecule has 1 saturated heterocycles. The maximum Gasteiger partial charge on any atom is 0.337 e. The SMILES string of the molecule is COc1ccccc1C1SC(C)C(=O)N1c1ccc(Br)cc1C(=O)O. The van der Waals surface area contributed by atoms with Crippen molar-refractivity contribution in [1.82, 2.24) is 0 Å². The second-order valence-corrected chi connectivity index (χ2v) is 7.89. The summed E-state index contributed by atoms with van der Waals surface area (Å²) in [5.41, 5.74) is 1.30. The van der Waals surface area contributed by atoms with Crippen LogP contribution in [0.5, 0.6) is 5.75 Å². The van der Waals surface area contributed by atoms with Gasteiger partial charge in [0.15, 0.2) is 0 Å². The zero-order valence-corrected chi connectivity index (χ0v) is 16.0. The Hall–Kier alpha value is -1.99. The first-order chi connectivity index (χ1) is 11.9. The number of anilines is 1. The molecule has 1 aliphatic heterocycles. The average Bonchev–Trinajstić information content (AvgIpc) is 2.90. The van der Waals surface area contributed by atoms with Crippen LogP contribution in [0.4, 0.5) is 5.69 Å². The quantitative estimate of drug-likeness (QED) is 0.795. The number of nitrogens with zero attached hydrogens (tertiary/aromatic N) is 1. The molecule has 130 valence electrons. The van der Waals surface area contributed by atoms with Crippen LogP contribution in [0.3, 0.4) is 0 Å². The van der Waals surface area contributed by atoms with E-state index in [2.05, 4.69) is 15.9 Å². The number of benzene rings is 2. The van der Waals surface area contributed by atoms with Crippen molar-refractivity contribution in [2.24, 2.45) is 0 Å². The molecular formula is C18H16BrNO4S. The van der Waals surface area contributed by atoms with Gasteiger partial charge in [0.25, 0.3) is 0 Å². The van der Waals surface area contributed by atoms with Crippen LogP contribution in [0, 0.1) is 0 Å². The van der Waals surface area contributed by atoms with Gasteiger partial charge in [0.2, 0.25) is 5.91 Å². The van der Waals surface area contributed by atoms with Crippen LogP contribution in [0.25, 0.3) is 0 Å². The molecular weight excluding hydrogens is 406 g/mol. The molecule has 0 aromatic heterocycles. The summed E-state index contributed by atoms with van der Waals surface area (Å²) >= 11 is 4.77. The zero-order chi connectivity index (χ0) is 18.1. The first kappa shape index (κ1) is 17.8. The number of carboxylic acid groups (broad SMARTS) is 1. The van der Waals surface area contributed by atoms with E-state index in [9.17, 15) is 14.7 Å². The van der Waals surface area contributed by atoms with Crippen molar-refractivity contribution >= 4 is 45.3 Å². The molecule has 25 heavy (non-hydrogen) atoms. The summed E-state index contributed by atoms with van der Waals surface area (Å²) in [6.07, 6.45) is 0. The van der Waals surface area contributed by atoms with Crippen molar-refractivity contribution in [2.75, 3.05) is 12.0 Å². The number of carboxylic acids is 1. The standard InChI is InChI=1S/C18H16BrNO4S/c1-10-16(21)20(14-8-7-11(19)9-13(14)18(22)23)17(25-10)12-5-3-4-6-15(12)24-2/h3-10,17H,1-2H3,(H,22,23). The predicted octanol–water partition coefficient (Wildman–Crippen LogP) is 4.32. The van der Waals surface area contributed by atoms with Crippen molar-refractivity contribution in [1.29, 1.82) is 0 Å². The first-order valence-corrected chi connectivity index (χ1v) is 9.32. The number of aromatic carboxylic acids is 1. The van der Waals surface area contributed by atoms with Crippen LogP contribution in [0.2, 0.25) is 0 Å². The third-order valence-electron chi connectivity index (χ3n) is 4.01. The highest BCUT2D eigenvalue weighted by Crippen LogP contribution is 2.48. The third kappa shape index (κ3) is 3.26. The van der Waals surface area contributed by atoms with Gasteiger partial charge in [-0.3, -0.25) is 9.69 Å². The van der Waals surface area contributed by atoms with Crippen molar-refractivity contribution < 1.29 is 19.4 Å². The Labute approximate surface area is 158 Å². The van der Waals surface area contributed by atoms with E-state index in [1.165, 1.54) is 17.8 Å². The predicted molar refractivity (Wildman–Crippen MR) is 101 cm³/mol. The highest BCUT2D eigenvalue weighted by Gasteiger charge is 2.42. The highest BCUT2D eigenvalue weighted by atomic mass is 79.9. The Morgan fingerprint density at radius 3 is 2.68 bits per heavy atom. The fourth-order valence-electron chi connectivity index (χ4n) is 2.84. The highest BCUT2D eigenvalue weighted by molar-refractivity contribution is 9.10. The Balaban J connectivity index is 2.15. The second kappa shape index (κ2) is 7.09. The molecule has 7 heteroatoms. The minimum Gasteiger partial charge on any atom is -0.496 e. The number of para-hydroxylation sites is 1. The van der Waals surface area contributed by atoms with E-state index in [0.717, 1.165) is 5.56 Å². The van der Waals surface area contributed by atoms with Crippen LogP contribution in [-0.2, 0) is 4.79 Å². The van der Waals surface area contributed by atoms with Crippen LogP contribution >= 0.6 is 27.7 Å². The molecule has 0 saturated carbocycles. The minimum atomic E-state index is -1.08. The monoisotopic (exact) mass is 421 g/mol. The average molecular weight is 422 g/mol. The number of halogens is 1. The lowest BCUT2D eigenvalue weighted by Crippen LogP contribution is -2.31. The maximum atomic E-state index is 12.8. The van der Waals surface area contributed by atoms with Gasteiger partial charge in [-0.2, -0.15) is 0 Å². The molecule has 2 aromatic rings. The Morgan fingerprint density at radius 2 is 2.00 bits per heavy atom. The smallest absolute Gasteiger partial charge is 0.337 e. The van der Waals surface area contributed by atoms with Gasteiger partial charge in [0.05, 0.1) is 23.6 Å². The van der Waals surface area contributed by atoms with Gasteiger partial charge in [-0.25, -0.2) is 4.79 Å². The number of rotatable bonds is 4. The Morgan fingerprint density at radius 1 is 1.28 bits per heavy atom. The number of thioether (sulfide) groups is 1. The van der Waals surface area contributed by atoms with Crippen LogP contribution in [0.1, 0.15) is 28.2 Å². The number of carbonyl (C=O) groups is 2. The summed E-state index contributed by atoms with van der Waals surface area (Å²) in [7, 11) is 1.58. The van der Waals surface area contributed by atoms with Gasteiger partial charge < -0.3 is 9.84 Å². The van der Waals surface area contributed by atoms with Crippen molar-refractivity contribution in [3.8, 4) is 5.75 Å². The summed E-state index contributed by atoms with van der Waals surface area (Å²) < 4.78 is 6.08. The van der Waals surface area contributed by atoms with E-state index in [0.29, 0.717) is 15.9 Å². The minimum absolute atomic E-state index is 0.0809. The maximum absolute atomic E-state index is 12.8. The molecule has 1 heterocycles. The lowest BCUT2D eigenvalue weighted by molar-refractivity contribution is -0.117. The van der Waals surface area contributed by atoms with Gasteiger partial charge in [0.1, 0.15) is 11.1 Å². The number of carbonyl (C=O) groups excluding carboxylic acids is 1. The molecule has 2 atom stereocenters. The first-order valence-electron chi connectivity index (χ1n) is 7.58. The van der Waals surface area contributed by atoms with Crippen LogP contribution in [-0.4, -0.2) is 29.3 Å². The molecule has 0 radical (unpaired) electrons.